The van der Waals surface area contributed by atoms with Gasteiger partial charge in [-0.15, -0.1) is 0 Å². The summed E-state index contributed by atoms with van der Waals surface area (Å²) in [7, 11) is 1.98. The maximum Gasteiger partial charge on any atom is 0.319 e. The van der Waals surface area contributed by atoms with Crippen molar-refractivity contribution in [2.45, 2.75) is 31.2 Å². The molecule has 0 amide bonds. The summed E-state index contributed by atoms with van der Waals surface area (Å²) >= 11 is 0. The monoisotopic (exact) mass is 528 g/mol. The molecule has 2 aromatic heterocycles. The van der Waals surface area contributed by atoms with E-state index in [-0.39, 0.29) is 28.5 Å². The van der Waals surface area contributed by atoms with Crippen molar-refractivity contribution in [3.05, 3.63) is 48.4 Å². The highest BCUT2D eigenvalue weighted by atomic mass is 19.1. The van der Waals surface area contributed by atoms with Crippen LogP contribution in [0.5, 0.6) is 11.8 Å². The summed E-state index contributed by atoms with van der Waals surface area (Å²) in [5.41, 5.74) is 0.878. The van der Waals surface area contributed by atoms with Gasteiger partial charge in [-0.1, -0.05) is 24.3 Å². The van der Waals surface area contributed by atoms with Gasteiger partial charge in [-0.3, -0.25) is 9.88 Å². The molecule has 3 saturated heterocycles. The molecular formula is C30H33FN6O2. The number of hydrogen-bond donors (Lipinski definition) is 2. The molecule has 0 bridgehead atoms. The van der Waals surface area contributed by atoms with Crippen LogP contribution in [-0.2, 0) is 0 Å². The van der Waals surface area contributed by atoms with Gasteiger partial charge in [-0.05, 0) is 61.7 Å². The molecule has 9 heteroatoms. The zero-order chi connectivity index (χ0) is 26.6. The smallest absolute Gasteiger partial charge is 0.319 e. The van der Waals surface area contributed by atoms with Crippen LogP contribution in [0.1, 0.15) is 25.7 Å². The number of rotatable bonds is 7. The molecule has 0 aliphatic carbocycles. The predicted octanol–water partition coefficient (Wildman–Crippen LogP) is 4.35. The third-order valence-electron chi connectivity index (χ3n) is 8.79. The zero-order valence-corrected chi connectivity index (χ0v) is 22.2. The number of hydrogen-bond acceptors (Lipinski definition) is 8. The molecule has 0 unspecified atom stereocenters. The van der Waals surface area contributed by atoms with Crippen LogP contribution < -0.4 is 15.0 Å². The van der Waals surface area contributed by atoms with Crippen molar-refractivity contribution in [1.29, 1.82) is 0 Å². The number of fused-ring (bicyclic) bond motifs is 3. The van der Waals surface area contributed by atoms with Gasteiger partial charge in [0, 0.05) is 44.4 Å². The molecule has 0 spiro atoms. The van der Waals surface area contributed by atoms with Gasteiger partial charge in [-0.25, -0.2) is 4.39 Å². The molecule has 4 aromatic rings. The van der Waals surface area contributed by atoms with Crippen molar-refractivity contribution >= 4 is 27.5 Å². The second kappa shape index (κ2) is 9.57. The topological polar surface area (TPSA) is 86.6 Å². The maximum atomic E-state index is 16.4. The summed E-state index contributed by atoms with van der Waals surface area (Å²) in [5.74, 6) is 0.637. The van der Waals surface area contributed by atoms with Crippen molar-refractivity contribution in [2.75, 3.05) is 51.3 Å². The summed E-state index contributed by atoms with van der Waals surface area (Å²) in [6.07, 6.45) is 6.21. The molecule has 3 aliphatic heterocycles. The lowest BCUT2D eigenvalue weighted by molar-refractivity contribution is 0.108. The van der Waals surface area contributed by atoms with Crippen LogP contribution in [0.4, 0.5) is 10.2 Å². The fraction of sp³-hybridized carbons (Fsp3) is 0.433. The number of nitrogens with zero attached hydrogens (tertiary/aromatic N) is 5. The maximum absolute atomic E-state index is 16.4. The molecule has 3 aliphatic rings. The number of aromatic nitrogens is 3. The van der Waals surface area contributed by atoms with Gasteiger partial charge in [0.1, 0.15) is 29.4 Å². The average molecular weight is 529 g/mol. The fourth-order valence-electron chi connectivity index (χ4n) is 6.67. The lowest BCUT2D eigenvalue weighted by atomic mass is 9.95. The number of pyridine rings is 1. The number of nitrogens with one attached hydrogen (secondary N) is 1. The van der Waals surface area contributed by atoms with Crippen LogP contribution in [0.15, 0.2) is 42.6 Å². The van der Waals surface area contributed by atoms with E-state index >= 15 is 4.39 Å². The van der Waals surface area contributed by atoms with Gasteiger partial charge in [0.05, 0.1) is 10.9 Å². The largest absolute Gasteiger partial charge is 0.508 e. The predicted molar refractivity (Wildman–Crippen MR) is 150 cm³/mol. The fourth-order valence-corrected chi connectivity index (χ4v) is 6.67. The molecule has 7 rings (SSSR count). The Bertz CT molecular complexity index is 1550. The summed E-state index contributed by atoms with van der Waals surface area (Å²) in [6.45, 7) is 5.41. The van der Waals surface area contributed by atoms with Crippen molar-refractivity contribution < 1.29 is 14.2 Å². The summed E-state index contributed by atoms with van der Waals surface area (Å²) in [5, 5.41) is 15.9. The molecule has 5 heterocycles. The Morgan fingerprint density at radius 1 is 1.13 bits per heavy atom. The van der Waals surface area contributed by atoms with E-state index in [1.165, 1.54) is 12.8 Å². The highest BCUT2D eigenvalue weighted by molar-refractivity contribution is 5.99. The summed E-state index contributed by atoms with van der Waals surface area (Å²) in [4.78, 5) is 18.6. The lowest BCUT2D eigenvalue weighted by Crippen LogP contribution is -2.47. The van der Waals surface area contributed by atoms with E-state index in [1.54, 1.807) is 18.3 Å². The Kier molecular flexibility index (Phi) is 6.01. The van der Waals surface area contributed by atoms with E-state index in [1.807, 2.05) is 31.3 Å². The standard InChI is InChI=1S/C30H33FN6O2/c1-36(17-19-14-32-15-19)28-24-16-33-26(23-13-21(38)12-20-6-2-3-7-22(20)23)25(31)27(24)34-29(35-28)39-18-30-8-4-10-37(30)11-5-9-30/h2-3,6-7,12-13,16,19,32,38H,4-5,8-11,14-15,17-18H2,1H3. The Morgan fingerprint density at radius 3 is 2.69 bits per heavy atom. The minimum absolute atomic E-state index is 0.0322. The number of benzene rings is 2. The Balaban J connectivity index is 1.33. The minimum Gasteiger partial charge on any atom is -0.508 e. The van der Waals surface area contributed by atoms with Crippen LogP contribution in [0, 0.1) is 11.7 Å². The molecule has 39 heavy (non-hydrogen) atoms. The van der Waals surface area contributed by atoms with Crippen LogP contribution in [0.25, 0.3) is 32.9 Å². The number of phenolic OH excluding ortho intramolecular Hbond substituents is 1. The van der Waals surface area contributed by atoms with Crippen molar-refractivity contribution in [1.82, 2.24) is 25.2 Å². The van der Waals surface area contributed by atoms with E-state index in [9.17, 15) is 5.11 Å². The lowest BCUT2D eigenvalue weighted by Gasteiger charge is -2.33. The van der Waals surface area contributed by atoms with Crippen LogP contribution in [-0.4, -0.2) is 76.9 Å². The molecule has 0 radical (unpaired) electrons. The number of aromatic hydroxyl groups is 1. The third-order valence-corrected chi connectivity index (χ3v) is 8.79. The second-order valence-corrected chi connectivity index (χ2v) is 11.3. The molecule has 3 fully saturated rings. The zero-order valence-electron chi connectivity index (χ0n) is 22.2. The van der Waals surface area contributed by atoms with E-state index < -0.39 is 5.82 Å². The molecule has 0 atom stereocenters. The number of ether oxygens (including phenoxy) is 1. The quantitative estimate of drug-likeness (QED) is 0.366. The van der Waals surface area contributed by atoms with Crippen molar-refractivity contribution in [3.63, 3.8) is 0 Å². The molecule has 8 nitrogen and oxygen atoms in total. The van der Waals surface area contributed by atoms with Crippen molar-refractivity contribution in [2.24, 2.45) is 5.92 Å². The van der Waals surface area contributed by atoms with E-state index in [0.29, 0.717) is 29.3 Å². The molecule has 2 aromatic carbocycles. The first-order valence-electron chi connectivity index (χ1n) is 13.9. The summed E-state index contributed by atoms with van der Waals surface area (Å²) in [6, 6.07) is 11.0. The first-order valence-corrected chi connectivity index (χ1v) is 13.9. The number of phenols is 1. The van der Waals surface area contributed by atoms with Crippen LogP contribution >= 0.6 is 0 Å². The Labute approximate surface area is 226 Å². The first kappa shape index (κ1) is 24.5. The van der Waals surface area contributed by atoms with Gasteiger partial charge < -0.3 is 20.1 Å². The second-order valence-electron chi connectivity index (χ2n) is 11.3. The minimum atomic E-state index is -0.544. The number of halogens is 1. The molecular weight excluding hydrogens is 495 g/mol. The van der Waals surface area contributed by atoms with E-state index in [0.717, 1.165) is 56.3 Å². The summed E-state index contributed by atoms with van der Waals surface area (Å²) < 4.78 is 22.7. The van der Waals surface area contributed by atoms with Crippen LogP contribution in [0.3, 0.4) is 0 Å². The highest BCUT2D eigenvalue weighted by Gasteiger charge is 2.45. The molecule has 0 saturated carbocycles. The average Bonchev–Trinajstić information content (AvgIpc) is 3.50. The molecule has 202 valence electrons. The first-order chi connectivity index (χ1) is 19.0. The van der Waals surface area contributed by atoms with E-state index in [4.69, 9.17) is 9.72 Å². The normalized spacial score (nSPS) is 18.9. The van der Waals surface area contributed by atoms with Gasteiger partial charge in [0.2, 0.25) is 0 Å². The van der Waals surface area contributed by atoms with E-state index in [2.05, 4.69) is 25.1 Å². The van der Waals surface area contributed by atoms with Gasteiger partial charge in [0.25, 0.3) is 0 Å². The molecule has 2 N–H and O–H groups in total. The SMILES string of the molecule is CN(CC1CNC1)c1nc(OCC23CCCN2CCC3)nc2c(F)c(-c3cc(O)cc4ccccc34)ncc12. The van der Waals surface area contributed by atoms with Crippen molar-refractivity contribution in [3.8, 4) is 23.0 Å². The Hall–Kier alpha value is -3.56. The highest BCUT2D eigenvalue weighted by Crippen LogP contribution is 2.40. The van der Waals surface area contributed by atoms with Crippen LogP contribution in [0.2, 0.25) is 0 Å². The number of anilines is 1. The van der Waals surface area contributed by atoms with Gasteiger partial charge in [0.15, 0.2) is 5.82 Å². The third kappa shape index (κ3) is 4.24. The Morgan fingerprint density at radius 2 is 1.92 bits per heavy atom. The van der Waals surface area contributed by atoms with Gasteiger partial charge in [-0.2, -0.15) is 9.97 Å². The van der Waals surface area contributed by atoms with Gasteiger partial charge >= 0.3 is 6.01 Å².